The molecule has 1 atom stereocenters. The number of nitrogens with one attached hydrogen (secondary N) is 1. The molecule has 0 aliphatic carbocycles. The number of halogens is 1. The van der Waals surface area contributed by atoms with Crippen LogP contribution in [0.15, 0.2) is 18.2 Å². The van der Waals surface area contributed by atoms with E-state index in [0.29, 0.717) is 18.7 Å². The van der Waals surface area contributed by atoms with Gasteiger partial charge in [-0.15, -0.1) is 0 Å². The van der Waals surface area contributed by atoms with Crippen molar-refractivity contribution in [3.63, 3.8) is 0 Å². The van der Waals surface area contributed by atoms with Gasteiger partial charge in [-0.25, -0.2) is 4.39 Å². The number of nitrogens with zero attached hydrogens (tertiary/aromatic N) is 1. The summed E-state index contributed by atoms with van der Waals surface area (Å²) in [5.74, 6) is -0.231. The molecule has 0 radical (unpaired) electrons. The van der Waals surface area contributed by atoms with E-state index in [-0.39, 0.29) is 11.7 Å². The maximum absolute atomic E-state index is 13.4. The maximum Gasteiger partial charge on any atom is 0.127 e. The Morgan fingerprint density at radius 2 is 2.27 bits per heavy atom. The van der Waals surface area contributed by atoms with Crippen molar-refractivity contribution in [1.29, 1.82) is 5.26 Å². The van der Waals surface area contributed by atoms with E-state index in [0.717, 1.165) is 5.56 Å². The number of benzene rings is 1. The van der Waals surface area contributed by atoms with Gasteiger partial charge in [0.25, 0.3) is 0 Å². The van der Waals surface area contributed by atoms with Crippen LogP contribution in [0.1, 0.15) is 18.1 Å². The molecule has 0 saturated carbocycles. The molecule has 1 aromatic rings. The number of hydrogen-bond acceptors (Lipinski definition) is 2. The van der Waals surface area contributed by atoms with Crippen LogP contribution in [0.3, 0.4) is 0 Å². The normalized spacial score (nSPS) is 12.1. The predicted octanol–water partition coefficient (Wildman–Crippen LogP) is 2.38. The summed E-state index contributed by atoms with van der Waals surface area (Å²) >= 11 is 0. The summed E-state index contributed by atoms with van der Waals surface area (Å²) in [6.45, 7) is 4.75. The van der Waals surface area contributed by atoms with Crippen LogP contribution < -0.4 is 5.32 Å². The van der Waals surface area contributed by atoms with Gasteiger partial charge in [0.1, 0.15) is 5.82 Å². The first kappa shape index (κ1) is 11.7. The van der Waals surface area contributed by atoms with Gasteiger partial charge < -0.3 is 5.32 Å². The molecule has 1 aromatic carbocycles. The van der Waals surface area contributed by atoms with Crippen LogP contribution in [0, 0.1) is 30.0 Å². The summed E-state index contributed by atoms with van der Waals surface area (Å²) < 4.78 is 13.4. The molecule has 0 aromatic heterocycles. The van der Waals surface area contributed by atoms with Gasteiger partial charge in [-0.1, -0.05) is 12.1 Å². The lowest BCUT2D eigenvalue weighted by atomic mass is 10.1. The van der Waals surface area contributed by atoms with E-state index in [1.165, 1.54) is 6.07 Å². The molecule has 0 saturated heterocycles. The molecule has 0 aliphatic rings. The zero-order chi connectivity index (χ0) is 11.3. The Bertz CT molecular complexity index is 368. The Balaban J connectivity index is 2.48. The average molecular weight is 206 g/mol. The second-order valence-electron chi connectivity index (χ2n) is 3.76. The number of aryl methyl sites for hydroxylation is 1. The van der Waals surface area contributed by atoms with Crippen molar-refractivity contribution in [2.75, 3.05) is 6.54 Å². The Morgan fingerprint density at radius 3 is 2.87 bits per heavy atom. The summed E-state index contributed by atoms with van der Waals surface area (Å²) in [7, 11) is 0. The Kier molecular flexibility index (Phi) is 4.26. The highest BCUT2D eigenvalue weighted by Gasteiger charge is 2.03. The molecule has 0 fully saturated rings. The Morgan fingerprint density at radius 1 is 1.53 bits per heavy atom. The number of hydrogen-bond donors (Lipinski definition) is 1. The van der Waals surface area contributed by atoms with Crippen molar-refractivity contribution in [2.45, 2.75) is 20.4 Å². The van der Waals surface area contributed by atoms with Crippen LogP contribution in [-0.4, -0.2) is 6.54 Å². The monoisotopic (exact) mass is 206 g/mol. The van der Waals surface area contributed by atoms with Gasteiger partial charge in [0.15, 0.2) is 0 Å². The van der Waals surface area contributed by atoms with E-state index in [4.69, 9.17) is 5.26 Å². The third-order valence-electron chi connectivity index (χ3n) is 2.19. The fraction of sp³-hybridized carbons (Fsp3) is 0.417. The van der Waals surface area contributed by atoms with E-state index in [9.17, 15) is 4.39 Å². The van der Waals surface area contributed by atoms with Crippen molar-refractivity contribution in [2.24, 2.45) is 5.92 Å². The third kappa shape index (κ3) is 3.69. The van der Waals surface area contributed by atoms with Crippen molar-refractivity contribution in [3.8, 4) is 6.07 Å². The topological polar surface area (TPSA) is 35.8 Å². The van der Waals surface area contributed by atoms with E-state index in [2.05, 4.69) is 11.4 Å². The van der Waals surface area contributed by atoms with Gasteiger partial charge in [-0.3, -0.25) is 0 Å². The molecule has 2 nitrogen and oxygen atoms in total. The van der Waals surface area contributed by atoms with Gasteiger partial charge >= 0.3 is 0 Å². The van der Waals surface area contributed by atoms with Crippen LogP contribution in [0.5, 0.6) is 0 Å². The van der Waals surface area contributed by atoms with Crippen molar-refractivity contribution >= 4 is 0 Å². The summed E-state index contributed by atoms with van der Waals surface area (Å²) in [5, 5.41) is 11.6. The second-order valence-corrected chi connectivity index (χ2v) is 3.76. The lowest BCUT2D eigenvalue weighted by Gasteiger charge is -2.07. The molecule has 0 aliphatic heterocycles. The lowest BCUT2D eigenvalue weighted by molar-refractivity contribution is 0.564. The maximum atomic E-state index is 13.4. The highest BCUT2D eigenvalue weighted by atomic mass is 19.1. The van der Waals surface area contributed by atoms with Gasteiger partial charge in [0, 0.05) is 18.7 Å². The van der Waals surface area contributed by atoms with E-state index in [1.807, 2.05) is 19.9 Å². The molecule has 0 spiro atoms. The largest absolute Gasteiger partial charge is 0.311 e. The Hall–Kier alpha value is -1.40. The van der Waals surface area contributed by atoms with Crippen LogP contribution in [-0.2, 0) is 6.54 Å². The van der Waals surface area contributed by atoms with Crippen molar-refractivity contribution in [3.05, 3.63) is 35.1 Å². The molecule has 1 unspecified atom stereocenters. The molecule has 15 heavy (non-hydrogen) atoms. The molecular formula is C12H15FN2. The minimum absolute atomic E-state index is 0.0430. The standard InChI is InChI=1S/C12H15FN2/c1-9-3-4-11(12(13)5-9)8-15-7-10(2)6-14/h3-5,10,15H,7-8H2,1-2H3. The van der Waals surface area contributed by atoms with E-state index < -0.39 is 0 Å². The highest BCUT2D eigenvalue weighted by Crippen LogP contribution is 2.09. The first-order valence-electron chi connectivity index (χ1n) is 4.99. The van der Waals surface area contributed by atoms with Crippen molar-refractivity contribution < 1.29 is 4.39 Å². The molecule has 1 N–H and O–H groups in total. The van der Waals surface area contributed by atoms with Gasteiger partial charge in [0.05, 0.1) is 12.0 Å². The summed E-state index contributed by atoms with van der Waals surface area (Å²) in [5.41, 5.74) is 1.56. The zero-order valence-electron chi connectivity index (χ0n) is 9.05. The van der Waals surface area contributed by atoms with Gasteiger partial charge in [0.2, 0.25) is 0 Å². The predicted molar refractivity (Wildman–Crippen MR) is 57.6 cm³/mol. The molecule has 0 heterocycles. The van der Waals surface area contributed by atoms with Crippen molar-refractivity contribution in [1.82, 2.24) is 5.32 Å². The first-order valence-corrected chi connectivity index (χ1v) is 4.99. The first-order chi connectivity index (χ1) is 7.13. The molecule has 0 bridgehead atoms. The van der Waals surface area contributed by atoms with Crippen LogP contribution in [0.4, 0.5) is 4.39 Å². The minimum atomic E-state index is -0.188. The molecule has 1 rings (SSSR count). The summed E-state index contributed by atoms with van der Waals surface area (Å²) in [6.07, 6.45) is 0. The van der Waals surface area contributed by atoms with Crippen LogP contribution in [0.25, 0.3) is 0 Å². The zero-order valence-corrected chi connectivity index (χ0v) is 9.05. The highest BCUT2D eigenvalue weighted by molar-refractivity contribution is 5.23. The summed E-state index contributed by atoms with van der Waals surface area (Å²) in [4.78, 5) is 0. The molecule has 0 amide bonds. The SMILES string of the molecule is Cc1ccc(CNCC(C)C#N)c(F)c1. The Labute approximate surface area is 89.7 Å². The minimum Gasteiger partial charge on any atom is -0.311 e. The van der Waals surface area contributed by atoms with E-state index >= 15 is 0 Å². The third-order valence-corrected chi connectivity index (χ3v) is 2.19. The van der Waals surface area contributed by atoms with Gasteiger partial charge in [-0.05, 0) is 25.5 Å². The smallest absolute Gasteiger partial charge is 0.127 e. The van der Waals surface area contributed by atoms with Crippen LogP contribution in [0.2, 0.25) is 0 Å². The van der Waals surface area contributed by atoms with E-state index in [1.54, 1.807) is 6.07 Å². The van der Waals surface area contributed by atoms with Gasteiger partial charge in [-0.2, -0.15) is 5.26 Å². The average Bonchev–Trinajstić information content (AvgIpc) is 2.21. The van der Waals surface area contributed by atoms with Crippen LogP contribution >= 0.6 is 0 Å². The lowest BCUT2D eigenvalue weighted by Crippen LogP contribution is -2.20. The fourth-order valence-electron chi connectivity index (χ4n) is 1.26. The molecule has 80 valence electrons. The fourth-order valence-corrected chi connectivity index (χ4v) is 1.26. The molecular weight excluding hydrogens is 191 g/mol. The quantitative estimate of drug-likeness (QED) is 0.821. The molecule has 3 heteroatoms. The number of nitriles is 1. The summed E-state index contributed by atoms with van der Waals surface area (Å²) in [6, 6.07) is 7.29. The second kappa shape index (κ2) is 5.47. The number of rotatable bonds is 4.